The average molecular weight is 161 g/mol. The van der Waals surface area contributed by atoms with Crippen LogP contribution >= 0.6 is 0 Å². The van der Waals surface area contributed by atoms with Crippen molar-refractivity contribution >= 4 is 0 Å². The number of nitrogens with one attached hydrogen (secondary N) is 1. The van der Waals surface area contributed by atoms with Crippen LogP contribution in [0.25, 0.3) is 0 Å². The summed E-state index contributed by atoms with van der Waals surface area (Å²) < 4.78 is 0. The zero-order chi connectivity index (χ0) is 8.39. The number of nitriles is 1. The van der Waals surface area contributed by atoms with E-state index in [4.69, 9.17) is 5.26 Å². The summed E-state index contributed by atoms with van der Waals surface area (Å²) in [6.45, 7) is 0. The van der Waals surface area contributed by atoms with E-state index in [0.29, 0.717) is 12.3 Å². The molecule has 1 aliphatic rings. The van der Waals surface area contributed by atoms with Crippen molar-refractivity contribution in [3.05, 3.63) is 17.7 Å². The second-order valence-corrected chi connectivity index (χ2v) is 3.30. The summed E-state index contributed by atoms with van der Waals surface area (Å²) in [6.07, 6.45) is 5.58. The fourth-order valence-electron chi connectivity index (χ4n) is 1.78. The van der Waals surface area contributed by atoms with Gasteiger partial charge in [-0.1, -0.05) is 0 Å². The van der Waals surface area contributed by atoms with Crippen LogP contribution in [0.1, 0.15) is 24.2 Å². The largest absolute Gasteiger partial charge is 0.348 e. The molecule has 1 unspecified atom stereocenters. The molecule has 0 saturated heterocycles. The molecule has 0 saturated carbocycles. The summed E-state index contributed by atoms with van der Waals surface area (Å²) in [5.41, 5.74) is 2.44. The van der Waals surface area contributed by atoms with E-state index < -0.39 is 0 Å². The van der Waals surface area contributed by atoms with E-state index >= 15 is 0 Å². The molecule has 3 nitrogen and oxygen atoms in total. The van der Waals surface area contributed by atoms with Crippen molar-refractivity contribution in [2.45, 2.75) is 25.7 Å². The van der Waals surface area contributed by atoms with Gasteiger partial charge in [0.05, 0.1) is 18.1 Å². The number of nitrogens with zero attached hydrogens (tertiary/aromatic N) is 2. The normalized spacial score (nSPS) is 21.4. The van der Waals surface area contributed by atoms with Gasteiger partial charge in [-0.3, -0.25) is 0 Å². The fraction of sp³-hybridized carbons (Fsp3) is 0.556. The highest BCUT2D eigenvalue weighted by Crippen LogP contribution is 2.24. The van der Waals surface area contributed by atoms with Gasteiger partial charge in [0, 0.05) is 12.1 Å². The van der Waals surface area contributed by atoms with Gasteiger partial charge in [-0.25, -0.2) is 4.98 Å². The third-order valence-electron chi connectivity index (χ3n) is 2.47. The molecule has 0 fully saturated rings. The van der Waals surface area contributed by atoms with Crippen molar-refractivity contribution in [1.82, 2.24) is 9.97 Å². The summed E-state index contributed by atoms with van der Waals surface area (Å²) in [5.74, 6) is 0.544. The van der Waals surface area contributed by atoms with Crippen LogP contribution in [0, 0.1) is 17.2 Å². The molecule has 1 heterocycles. The molecule has 0 aliphatic heterocycles. The molecule has 1 aliphatic carbocycles. The Morgan fingerprint density at radius 3 is 3.50 bits per heavy atom. The summed E-state index contributed by atoms with van der Waals surface area (Å²) in [5, 5.41) is 8.54. The number of hydrogen-bond acceptors (Lipinski definition) is 2. The van der Waals surface area contributed by atoms with Crippen molar-refractivity contribution in [3.8, 4) is 6.07 Å². The quantitative estimate of drug-likeness (QED) is 0.677. The second-order valence-electron chi connectivity index (χ2n) is 3.30. The molecule has 1 N–H and O–H groups in total. The summed E-state index contributed by atoms with van der Waals surface area (Å²) >= 11 is 0. The Balaban J connectivity index is 2.11. The second kappa shape index (κ2) is 2.98. The molecule has 12 heavy (non-hydrogen) atoms. The number of fused-ring (bicyclic) bond motifs is 1. The van der Waals surface area contributed by atoms with E-state index in [-0.39, 0.29) is 0 Å². The smallest absolute Gasteiger partial charge is 0.0925 e. The van der Waals surface area contributed by atoms with E-state index in [9.17, 15) is 0 Å². The topological polar surface area (TPSA) is 52.5 Å². The molecule has 1 aromatic rings. The predicted molar refractivity (Wildman–Crippen MR) is 44.3 cm³/mol. The van der Waals surface area contributed by atoms with Gasteiger partial charge in [0.25, 0.3) is 0 Å². The first-order valence-corrected chi connectivity index (χ1v) is 4.28. The van der Waals surface area contributed by atoms with Gasteiger partial charge in [0.15, 0.2) is 0 Å². The zero-order valence-corrected chi connectivity index (χ0v) is 6.88. The van der Waals surface area contributed by atoms with Gasteiger partial charge in [-0.2, -0.15) is 5.26 Å². The van der Waals surface area contributed by atoms with E-state index in [1.807, 2.05) is 0 Å². The lowest BCUT2D eigenvalue weighted by atomic mass is 9.88. The first-order chi connectivity index (χ1) is 5.90. The third kappa shape index (κ3) is 1.20. The zero-order valence-electron chi connectivity index (χ0n) is 6.88. The van der Waals surface area contributed by atoms with Crippen LogP contribution in [0.2, 0.25) is 0 Å². The van der Waals surface area contributed by atoms with E-state index in [1.165, 1.54) is 11.4 Å². The van der Waals surface area contributed by atoms with Gasteiger partial charge in [-0.05, 0) is 25.2 Å². The van der Waals surface area contributed by atoms with Gasteiger partial charge < -0.3 is 4.98 Å². The molecule has 0 amide bonds. The summed E-state index contributed by atoms with van der Waals surface area (Å²) in [6, 6.07) is 2.23. The molecule has 3 heteroatoms. The van der Waals surface area contributed by atoms with Gasteiger partial charge in [0.1, 0.15) is 0 Å². The van der Waals surface area contributed by atoms with E-state index in [2.05, 4.69) is 16.0 Å². The first-order valence-electron chi connectivity index (χ1n) is 4.28. The number of aromatic nitrogens is 2. The van der Waals surface area contributed by atoms with Crippen molar-refractivity contribution in [2.75, 3.05) is 0 Å². The Kier molecular flexibility index (Phi) is 1.83. The lowest BCUT2D eigenvalue weighted by molar-refractivity contribution is 0.460. The highest BCUT2D eigenvalue weighted by atomic mass is 14.9. The van der Waals surface area contributed by atoms with Crippen molar-refractivity contribution in [3.63, 3.8) is 0 Å². The number of imidazole rings is 1. The monoisotopic (exact) mass is 161 g/mol. The van der Waals surface area contributed by atoms with Crippen LogP contribution in [0.4, 0.5) is 0 Å². The number of aryl methyl sites for hydroxylation is 1. The average Bonchev–Trinajstić information content (AvgIpc) is 2.51. The van der Waals surface area contributed by atoms with Crippen LogP contribution < -0.4 is 0 Å². The number of hydrogen-bond donors (Lipinski definition) is 1. The lowest BCUT2D eigenvalue weighted by Gasteiger charge is -2.17. The number of rotatable bonds is 1. The maximum Gasteiger partial charge on any atom is 0.0925 e. The highest BCUT2D eigenvalue weighted by molar-refractivity contribution is 5.15. The molecular formula is C9H11N3. The van der Waals surface area contributed by atoms with E-state index in [1.54, 1.807) is 6.33 Å². The fourth-order valence-corrected chi connectivity index (χ4v) is 1.78. The van der Waals surface area contributed by atoms with Gasteiger partial charge >= 0.3 is 0 Å². The highest BCUT2D eigenvalue weighted by Gasteiger charge is 2.19. The van der Waals surface area contributed by atoms with Crippen LogP contribution in [0.15, 0.2) is 6.33 Å². The van der Waals surface area contributed by atoms with Gasteiger partial charge in [-0.15, -0.1) is 0 Å². The molecule has 1 atom stereocenters. The minimum atomic E-state index is 0.544. The Morgan fingerprint density at radius 1 is 1.75 bits per heavy atom. The van der Waals surface area contributed by atoms with Crippen molar-refractivity contribution in [2.24, 2.45) is 5.92 Å². The minimum absolute atomic E-state index is 0.544. The van der Waals surface area contributed by atoms with Crippen LogP contribution in [-0.4, -0.2) is 9.97 Å². The Hall–Kier alpha value is -1.30. The molecule has 0 aromatic carbocycles. The Morgan fingerprint density at radius 2 is 2.67 bits per heavy atom. The molecule has 1 aromatic heterocycles. The predicted octanol–water partition coefficient (Wildman–Crippen LogP) is 1.43. The Bertz CT molecular complexity index is 308. The molecule has 2 rings (SSSR count). The van der Waals surface area contributed by atoms with Gasteiger partial charge in [0.2, 0.25) is 0 Å². The third-order valence-corrected chi connectivity index (χ3v) is 2.47. The van der Waals surface area contributed by atoms with Crippen LogP contribution in [0.3, 0.4) is 0 Å². The van der Waals surface area contributed by atoms with E-state index in [0.717, 1.165) is 19.3 Å². The van der Waals surface area contributed by atoms with Crippen molar-refractivity contribution in [1.29, 1.82) is 5.26 Å². The molecular weight excluding hydrogens is 150 g/mol. The lowest BCUT2D eigenvalue weighted by Crippen LogP contribution is -2.13. The molecule has 0 bridgehead atoms. The van der Waals surface area contributed by atoms with Crippen molar-refractivity contribution < 1.29 is 0 Å². The summed E-state index contributed by atoms with van der Waals surface area (Å²) in [7, 11) is 0. The standard InChI is InChI=1S/C9H11N3/c10-4-3-7-1-2-8-9(5-7)12-6-11-8/h6-7H,1-3,5H2,(H,11,12). The molecule has 0 radical (unpaired) electrons. The molecule has 62 valence electrons. The van der Waals surface area contributed by atoms with Crippen LogP contribution in [-0.2, 0) is 12.8 Å². The summed E-state index contributed by atoms with van der Waals surface area (Å²) in [4.78, 5) is 7.34. The van der Waals surface area contributed by atoms with Crippen LogP contribution in [0.5, 0.6) is 0 Å². The minimum Gasteiger partial charge on any atom is -0.348 e. The maximum atomic E-state index is 8.54. The SMILES string of the molecule is N#CCC1CCc2nc[nH]c2C1. The Labute approximate surface area is 71.4 Å². The number of H-pyrrole nitrogens is 1. The number of aromatic amines is 1. The first kappa shape index (κ1) is 7.35. The maximum absolute atomic E-state index is 8.54. The molecule has 0 spiro atoms.